The summed E-state index contributed by atoms with van der Waals surface area (Å²) in [7, 11) is 1.79. The number of methoxy groups -OCH3 is 1. The fourth-order valence-corrected chi connectivity index (χ4v) is 3.20. The average Bonchev–Trinajstić information content (AvgIpc) is 2.53. The minimum atomic E-state index is -0.0382. The lowest BCUT2D eigenvalue weighted by molar-refractivity contribution is -0.0745. The zero-order chi connectivity index (χ0) is 15.2. The third kappa shape index (κ3) is 4.78. The Hall–Kier alpha value is -0.420. The van der Waals surface area contributed by atoms with E-state index in [0.29, 0.717) is 6.10 Å². The second kappa shape index (κ2) is 8.28. The second-order valence-corrected chi connectivity index (χ2v) is 6.74. The minimum Gasteiger partial charge on any atom is -0.381 e. The Labute approximate surface area is 136 Å². The molecule has 4 atom stereocenters. The molecule has 0 aliphatic heterocycles. The van der Waals surface area contributed by atoms with Gasteiger partial charge in [0.1, 0.15) is 0 Å². The van der Waals surface area contributed by atoms with Gasteiger partial charge in [-0.15, -0.1) is 0 Å². The van der Waals surface area contributed by atoms with Crippen molar-refractivity contribution in [2.24, 2.45) is 5.73 Å². The van der Waals surface area contributed by atoms with Gasteiger partial charge >= 0.3 is 0 Å². The van der Waals surface area contributed by atoms with Crippen molar-refractivity contribution < 1.29 is 9.47 Å². The van der Waals surface area contributed by atoms with Gasteiger partial charge in [-0.3, -0.25) is 0 Å². The summed E-state index contributed by atoms with van der Waals surface area (Å²) in [6.45, 7) is 2.11. The quantitative estimate of drug-likeness (QED) is 0.831. The lowest BCUT2D eigenvalue weighted by atomic mass is 9.93. The van der Waals surface area contributed by atoms with E-state index in [1.54, 1.807) is 7.11 Å². The molecule has 0 bridgehead atoms. The van der Waals surface area contributed by atoms with Gasteiger partial charge in [0.2, 0.25) is 0 Å². The second-order valence-electron chi connectivity index (χ2n) is 5.83. The normalized spacial score (nSPS) is 25.5. The summed E-state index contributed by atoms with van der Waals surface area (Å²) < 4.78 is 13.0. The van der Waals surface area contributed by atoms with Crippen LogP contribution in [0.2, 0.25) is 0 Å². The smallest absolute Gasteiger partial charge is 0.0979 e. The largest absolute Gasteiger partial charge is 0.381 e. The van der Waals surface area contributed by atoms with Crippen LogP contribution in [-0.4, -0.2) is 25.4 Å². The summed E-state index contributed by atoms with van der Waals surface area (Å²) in [5, 5.41) is 0. The van der Waals surface area contributed by atoms with Crippen LogP contribution in [-0.2, 0) is 9.47 Å². The first kappa shape index (κ1) is 16.9. The van der Waals surface area contributed by atoms with Crippen molar-refractivity contribution in [3.63, 3.8) is 0 Å². The molecule has 2 N–H and O–H groups in total. The van der Waals surface area contributed by atoms with E-state index in [9.17, 15) is 0 Å². The predicted octanol–water partition coefficient (Wildman–Crippen LogP) is 4.20. The van der Waals surface area contributed by atoms with Gasteiger partial charge in [0.15, 0.2) is 0 Å². The summed E-state index contributed by atoms with van der Waals surface area (Å²) in [6.07, 6.45) is 5.81. The highest BCUT2D eigenvalue weighted by atomic mass is 79.9. The molecule has 1 aromatic rings. The van der Waals surface area contributed by atoms with Crippen LogP contribution in [0.5, 0.6) is 0 Å². The Balaban J connectivity index is 2.07. The molecule has 4 unspecified atom stereocenters. The van der Waals surface area contributed by atoms with E-state index in [4.69, 9.17) is 15.2 Å². The summed E-state index contributed by atoms with van der Waals surface area (Å²) in [5.41, 5.74) is 7.46. The lowest BCUT2D eigenvalue weighted by Crippen LogP contribution is -2.35. The Kier molecular flexibility index (Phi) is 6.68. The van der Waals surface area contributed by atoms with Gasteiger partial charge in [0.05, 0.1) is 18.3 Å². The zero-order valence-electron chi connectivity index (χ0n) is 12.9. The van der Waals surface area contributed by atoms with E-state index in [1.807, 2.05) is 12.1 Å². The van der Waals surface area contributed by atoms with Gasteiger partial charge < -0.3 is 15.2 Å². The van der Waals surface area contributed by atoms with Crippen molar-refractivity contribution in [2.45, 2.75) is 63.4 Å². The zero-order valence-corrected chi connectivity index (χ0v) is 14.5. The van der Waals surface area contributed by atoms with Crippen LogP contribution in [0, 0.1) is 0 Å². The molecule has 1 aliphatic carbocycles. The maximum Gasteiger partial charge on any atom is 0.0979 e. The number of hydrogen-bond acceptors (Lipinski definition) is 3. The summed E-state index contributed by atoms with van der Waals surface area (Å²) in [4.78, 5) is 0. The van der Waals surface area contributed by atoms with Gasteiger partial charge in [-0.1, -0.05) is 35.0 Å². The minimum absolute atomic E-state index is 0.0223. The molecule has 0 amide bonds. The van der Waals surface area contributed by atoms with E-state index in [-0.39, 0.29) is 18.2 Å². The molecule has 1 aromatic carbocycles. The van der Waals surface area contributed by atoms with Crippen LogP contribution in [0.4, 0.5) is 0 Å². The highest BCUT2D eigenvalue weighted by Gasteiger charge is 2.28. The molecule has 118 valence electrons. The monoisotopic (exact) mass is 355 g/mol. The standard InChI is InChI=1S/C17H26BrNO2/c1-3-16(19)17(12-7-9-13(18)10-8-12)21-15-6-4-5-14(11-15)20-2/h7-10,14-17H,3-6,11,19H2,1-2H3. The van der Waals surface area contributed by atoms with Crippen LogP contribution >= 0.6 is 15.9 Å². The van der Waals surface area contributed by atoms with Crippen LogP contribution in [0.1, 0.15) is 50.7 Å². The molecule has 0 heterocycles. The highest BCUT2D eigenvalue weighted by molar-refractivity contribution is 9.10. The van der Waals surface area contributed by atoms with Crippen molar-refractivity contribution in [3.8, 4) is 0 Å². The maximum absolute atomic E-state index is 6.38. The van der Waals surface area contributed by atoms with Crippen LogP contribution in [0.25, 0.3) is 0 Å². The molecule has 3 nitrogen and oxygen atoms in total. The molecule has 2 rings (SSSR count). The fourth-order valence-electron chi connectivity index (χ4n) is 2.94. The Morgan fingerprint density at radius 1 is 1.24 bits per heavy atom. The van der Waals surface area contributed by atoms with Gasteiger partial charge in [0, 0.05) is 17.6 Å². The van der Waals surface area contributed by atoms with Gasteiger partial charge in [-0.2, -0.15) is 0 Å². The van der Waals surface area contributed by atoms with Crippen LogP contribution in [0.3, 0.4) is 0 Å². The van der Waals surface area contributed by atoms with Crippen LogP contribution < -0.4 is 5.73 Å². The Bertz CT molecular complexity index is 423. The third-order valence-corrected chi connectivity index (χ3v) is 4.84. The molecule has 1 saturated carbocycles. The average molecular weight is 356 g/mol. The third-order valence-electron chi connectivity index (χ3n) is 4.31. The lowest BCUT2D eigenvalue weighted by Gasteiger charge is -2.33. The first-order valence-electron chi connectivity index (χ1n) is 7.83. The van der Waals surface area contributed by atoms with E-state index < -0.39 is 0 Å². The first-order valence-corrected chi connectivity index (χ1v) is 8.62. The van der Waals surface area contributed by atoms with Gasteiger partial charge in [-0.25, -0.2) is 0 Å². The fraction of sp³-hybridized carbons (Fsp3) is 0.647. The van der Waals surface area contributed by atoms with E-state index in [2.05, 4.69) is 35.0 Å². The molecule has 0 saturated heterocycles. The number of halogens is 1. The Morgan fingerprint density at radius 2 is 1.90 bits per heavy atom. The first-order chi connectivity index (χ1) is 10.1. The van der Waals surface area contributed by atoms with Crippen molar-refractivity contribution in [1.29, 1.82) is 0 Å². The topological polar surface area (TPSA) is 44.5 Å². The van der Waals surface area contributed by atoms with Crippen molar-refractivity contribution in [2.75, 3.05) is 7.11 Å². The van der Waals surface area contributed by atoms with E-state index in [0.717, 1.165) is 42.1 Å². The number of hydrogen-bond donors (Lipinski definition) is 1. The molecule has 4 heteroatoms. The molecular weight excluding hydrogens is 330 g/mol. The molecule has 21 heavy (non-hydrogen) atoms. The molecule has 1 fully saturated rings. The number of nitrogens with two attached hydrogens (primary N) is 1. The number of rotatable bonds is 6. The van der Waals surface area contributed by atoms with Crippen molar-refractivity contribution in [3.05, 3.63) is 34.3 Å². The van der Waals surface area contributed by atoms with Crippen molar-refractivity contribution in [1.82, 2.24) is 0 Å². The Morgan fingerprint density at radius 3 is 2.52 bits per heavy atom. The molecule has 0 radical (unpaired) electrons. The van der Waals surface area contributed by atoms with E-state index >= 15 is 0 Å². The molecule has 0 aromatic heterocycles. The predicted molar refractivity (Wildman–Crippen MR) is 89.3 cm³/mol. The van der Waals surface area contributed by atoms with E-state index in [1.165, 1.54) is 0 Å². The number of ether oxygens (including phenoxy) is 2. The summed E-state index contributed by atoms with van der Waals surface area (Å²) >= 11 is 3.48. The summed E-state index contributed by atoms with van der Waals surface area (Å²) in [5.74, 6) is 0. The maximum atomic E-state index is 6.38. The van der Waals surface area contributed by atoms with Crippen molar-refractivity contribution >= 4 is 15.9 Å². The van der Waals surface area contributed by atoms with Gasteiger partial charge in [0.25, 0.3) is 0 Å². The molecular formula is C17H26BrNO2. The molecule has 0 spiro atoms. The SMILES string of the molecule is CCC(N)C(OC1CCCC(OC)C1)c1ccc(Br)cc1. The van der Waals surface area contributed by atoms with Crippen LogP contribution in [0.15, 0.2) is 28.7 Å². The van der Waals surface area contributed by atoms with Gasteiger partial charge in [-0.05, 0) is 49.8 Å². The highest BCUT2D eigenvalue weighted by Crippen LogP contribution is 2.31. The number of benzene rings is 1. The summed E-state index contributed by atoms with van der Waals surface area (Å²) in [6, 6.07) is 8.32. The molecule has 1 aliphatic rings.